The second kappa shape index (κ2) is 8.35. The Morgan fingerprint density at radius 3 is 2.34 bits per heavy atom. The van der Waals surface area contributed by atoms with Crippen molar-refractivity contribution in [3.63, 3.8) is 0 Å². The van der Waals surface area contributed by atoms with Crippen molar-refractivity contribution in [3.8, 4) is 11.3 Å². The van der Waals surface area contributed by atoms with Crippen molar-refractivity contribution < 1.29 is 4.79 Å². The molecular formula is C24H20N4O. The van der Waals surface area contributed by atoms with Gasteiger partial charge in [-0.1, -0.05) is 54.6 Å². The van der Waals surface area contributed by atoms with Crippen LogP contribution >= 0.6 is 0 Å². The molecule has 5 nitrogen and oxygen atoms in total. The van der Waals surface area contributed by atoms with Gasteiger partial charge in [0.1, 0.15) is 0 Å². The Morgan fingerprint density at radius 2 is 1.59 bits per heavy atom. The number of hydrogen-bond donors (Lipinski definition) is 2. The van der Waals surface area contributed by atoms with Gasteiger partial charge in [0.05, 0.1) is 5.69 Å². The third kappa shape index (κ3) is 4.47. The molecule has 0 atom stereocenters. The van der Waals surface area contributed by atoms with Gasteiger partial charge >= 0.3 is 0 Å². The van der Waals surface area contributed by atoms with Gasteiger partial charge in [0.25, 0.3) is 5.91 Å². The number of aromatic nitrogens is 2. The number of anilines is 3. The SMILES string of the molecule is Cc1ccc(NC(=O)c2ccccc2)cc1Nc1nccc(-c2ccccc2)n1. The van der Waals surface area contributed by atoms with E-state index >= 15 is 0 Å². The minimum absolute atomic E-state index is 0.150. The number of nitrogens with one attached hydrogen (secondary N) is 2. The Kier molecular flexibility index (Phi) is 5.29. The average Bonchev–Trinajstić information content (AvgIpc) is 2.77. The van der Waals surface area contributed by atoms with Gasteiger partial charge in [-0.25, -0.2) is 9.97 Å². The molecule has 0 aliphatic rings. The van der Waals surface area contributed by atoms with E-state index in [0.29, 0.717) is 17.2 Å². The van der Waals surface area contributed by atoms with E-state index in [-0.39, 0.29) is 5.91 Å². The number of benzene rings is 3. The highest BCUT2D eigenvalue weighted by molar-refractivity contribution is 6.04. The van der Waals surface area contributed by atoms with E-state index in [1.165, 1.54) is 0 Å². The monoisotopic (exact) mass is 380 g/mol. The van der Waals surface area contributed by atoms with Crippen LogP contribution in [0.4, 0.5) is 17.3 Å². The predicted molar refractivity (Wildman–Crippen MR) is 116 cm³/mol. The quantitative estimate of drug-likeness (QED) is 0.483. The number of aryl methyl sites for hydroxylation is 1. The van der Waals surface area contributed by atoms with Crippen LogP contribution in [0.5, 0.6) is 0 Å². The molecule has 0 saturated carbocycles. The lowest BCUT2D eigenvalue weighted by atomic mass is 10.1. The summed E-state index contributed by atoms with van der Waals surface area (Å²) >= 11 is 0. The molecule has 0 aliphatic heterocycles. The van der Waals surface area contributed by atoms with Crippen LogP contribution < -0.4 is 10.6 Å². The summed E-state index contributed by atoms with van der Waals surface area (Å²) in [6.07, 6.45) is 1.73. The van der Waals surface area contributed by atoms with E-state index < -0.39 is 0 Å². The van der Waals surface area contributed by atoms with Gasteiger partial charge in [-0.3, -0.25) is 4.79 Å². The summed E-state index contributed by atoms with van der Waals surface area (Å²) in [5.74, 6) is 0.351. The van der Waals surface area contributed by atoms with Crippen LogP contribution in [0.3, 0.4) is 0 Å². The molecule has 2 N–H and O–H groups in total. The summed E-state index contributed by atoms with van der Waals surface area (Å²) in [5, 5.41) is 6.19. The maximum Gasteiger partial charge on any atom is 0.255 e. The highest BCUT2D eigenvalue weighted by atomic mass is 16.1. The third-order valence-electron chi connectivity index (χ3n) is 4.50. The van der Waals surface area contributed by atoms with E-state index in [1.54, 1.807) is 18.3 Å². The Hall–Kier alpha value is -3.99. The van der Waals surface area contributed by atoms with Crippen molar-refractivity contribution in [1.82, 2.24) is 9.97 Å². The maximum atomic E-state index is 12.4. The number of carbonyl (C=O) groups excluding carboxylic acids is 1. The molecule has 4 aromatic rings. The van der Waals surface area contributed by atoms with E-state index in [0.717, 1.165) is 22.5 Å². The van der Waals surface area contributed by atoms with E-state index in [2.05, 4.69) is 20.6 Å². The average molecular weight is 380 g/mol. The lowest BCUT2D eigenvalue weighted by molar-refractivity contribution is 0.102. The minimum Gasteiger partial charge on any atom is -0.324 e. The maximum absolute atomic E-state index is 12.4. The molecule has 0 saturated heterocycles. The molecule has 29 heavy (non-hydrogen) atoms. The molecule has 0 radical (unpaired) electrons. The van der Waals surface area contributed by atoms with Crippen LogP contribution in [0.2, 0.25) is 0 Å². The third-order valence-corrected chi connectivity index (χ3v) is 4.50. The second-order valence-corrected chi connectivity index (χ2v) is 6.61. The lowest BCUT2D eigenvalue weighted by Gasteiger charge is -2.12. The lowest BCUT2D eigenvalue weighted by Crippen LogP contribution is -2.12. The molecule has 5 heteroatoms. The van der Waals surface area contributed by atoms with Gasteiger partial charge in [0, 0.05) is 28.7 Å². The molecule has 1 aromatic heterocycles. The second-order valence-electron chi connectivity index (χ2n) is 6.61. The Bertz CT molecular complexity index is 1130. The molecule has 1 heterocycles. The predicted octanol–water partition coefficient (Wildman–Crippen LogP) is 5.45. The fourth-order valence-electron chi connectivity index (χ4n) is 2.94. The molecule has 0 spiro atoms. The summed E-state index contributed by atoms with van der Waals surface area (Å²) in [6, 6.07) is 26.7. The van der Waals surface area contributed by atoms with Crippen molar-refractivity contribution >= 4 is 23.2 Å². The van der Waals surface area contributed by atoms with Gasteiger partial charge in [0.2, 0.25) is 5.95 Å². The summed E-state index contributed by atoms with van der Waals surface area (Å²) < 4.78 is 0. The zero-order chi connectivity index (χ0) is 20.1. The van der Waals surface area contributed by atoms with Crippen molar-refractivity contribution in [3.05, 3.63) is 102 Å². The molecule has 4 rings (SSSR count). The van der Waals surface area contributed by atoms with Crippen LogP contribution in [-0.2, 0) is 0 Å². The van der Waals surface area contributed by atoms with Gasteiger partial charge < -0.3 is 10.6 Å². The Morgan fingerprint density at radius 1 is 0.862 bits per heavy atom. The van der Waals surface area contributed by atoms with E-state index in [4.69, 9.17) is 0 Å². The van der Waals surface area contributed by atoms with Crippen LogP contribution in [-0.4, -0.2) is 15.9 Å². The van der Waals surface area contributed by atoms with Gasteiger partial charge in [0.15, 0.2) is 0 Å². The fourth-order valence-corrected chi connectivity index (χ4v) is 2.94. The molecule has 0 bridgehead atoms. The molecule has 0 unspecified atom stereocenters. The largest absolute Gasteiger partial charge is 0.324 e. The zero-order valence-electron chi connectivity index (χ0n) is 16.0. The molecule has 3 aromatic carbocycles. The number of carbonyl (C=O) groups is 1. The van der Waals surface area contributed by atoms with Crippen LogP contribution in [0, 0.1) is 6.92 Å². The van der Waals surface area contributed by atoms with Crippen LogP contribution in [0.25, 0.3) is 11.3 Å². The highest BCUT2D eigenvalue weighted by Gasteiger charge is 2.08. The fraction of sp³-hybridized carbons (Fsp3) is 0.0417. The molecule has 142 valence electrons. The summed E-state index contributed by atoms with van der Waals surface area (Å²) in [4.78, 5) is 21.4. The van der Waals surface area contributed by atoms with Crippen molar-refractivity contribution in [1.29, 1.82) is 0 Å². The Balaban J connectivity index is 1.55. The number of hydrogen-bond acceptors (Lipinski definition) is 4. The first kappa shape index (κ1) is 18.4. The first-order valence-corrected chi connectivity index (χ1v) is 9.31. The van der Waals surface area contributed by atoms with E-state index in [1.807, 2.05) is 79.7 Å². The van der Waals surface area contributed by atoms with Gasteiger partial charge in [-0.05, 0) is 42.8 Å². The van der Waals surface area contributed by atoms with E-state index in [9.17, 15) is 4.79 Å². The first-order valence-electron chi connectivity index (χ1n) is 9.31. The Labute approximate surface area is 169 Å². The summed E-state index contributed by atoms with van der Waals surface area (Å²) in [7, 11) is 0. The zero-order valence-corrected chi connectivity index (χ0v) is 16.0. The van der Waals surface area contributed by atoms with Crippen LogP contribution in [0.1, 0.15) is 15.9 Å². The molecular weight excluding hydrogens is 360 g/mol. The molecule has 1 amide bonds. The van der Waals surface area contributed by atoms with Gasteiger partial charge in [-0.2, -0.15) is 0 Å². The smallest absolute Gasteiger partial charge is 0.255 e. The summed E-state index contributed by atoms with van der Waals surface area (Å²) in [5.41, 5.74) is 5.04. The van der Waals surface area contributed by atoms with Gasteiger partial charge in [-0.15, -0.1) is 0 Å². The van der Waals surface area contributed by atoms with Crippen LogP contribution in [0.15, 0.2) is 91.1 Å². The number of rotatable bonds is 5. The van der Waals surface area contributed by atoms with Crippen molar-refractivity contribution in [2.45, 2.75) is 6.92 Å². The molecule has 0 fully saturated rings. The number of amides is 1. The number of nitrogens with zero attached hydrogens (tertiary/aromatic N) is 2. The topological polar surface area (TPSA) is 66.9 Å². The standard InChI is InChI=1S/C24H20N4O/c1-17-12-13-20(26-23(29)19-10-6-3-7-11-19)16-22(17)28-24-25-15-14-21(27-24)18-8-4-2-5-9-18/h2-16H,1H3,(H,26,29)(H,25,27,28). The minimum atomic E-state index is -0.150. The summed E-state index contributed by atoms with van der Waals surface area (Å²) in [6.45, 7) is 1.99. The molecule has 0 aliphatic carbocycles. The first-order chi connectivity index (χ1) is 14.2. The highest BCUT2D eigenvalue weighted by Crippen LogP contribution is 2.24. The van der Waals surface area contributed by atoms with Crippen molar-refractivity contribution in [2.75, 3.05) is 10.6 Å². The normalized spacial score (nSPS) is 10.4. The van der Waals surface area contributed by atoms with Crippen molar-refractivity contribution in [2.24, 2.45) is 0 Å².